The molecule has 3 fully saturated rings. The summed E-state index contributed by atoms with van der Waals surface area (Å²) in [5.41, 5.74) is 5.71. The molecule has 3 saturated heterocycles. The Bertz CT molecular complexity index is 952. The van der Waals surface area contributed by atoms with Crippen LogP contribution in [0.1, 0.15) is 12.8 Å². The van der Waals surface area contributed by atoms with Crippen molar-refractivity contribution in [3.8, 4) is 0 Å². The Kier molecular flexibility index (Phi) is 7.08. The van der Waals surface area contributed by atoms with Gasteiger partial charge in [-0.15, -0.1) is 0 Å². The van der Waals surface area contributed by atoms with Gasteiger partial charge in [0.25, 0.3) is 0 Å². The van der Waals surface area contributed by atoms with Crippen LogP contribution >= 0.6 is 0 Å². The molecule has 34 heavy (non-hydrogen) atoms. The number of rotatable bonds is 1. The number of nitrogens with one attached hydrogen (secondary N) is 1. The molecule has 0 radical (unpaired) electrons. The van der Waals surface area contributed by atoms with E-state index in [0.717, 1.165) is 19.5 Å². The number of fused-ring (bicyclic) bond motifs is 4. The average molecular weight is 464 g/mol. The second-order valence-corrected chi connectivity index (χ2v) is 9.34. The second-order valence-electron chi connectivity index (χ2n) is 9.34. The number of nitrogens with two attached hydrogens (primary N) is 1. The summed E-state index contributed by atoms with van der Waals surface area (Å²) < 4.78 is 12.0. The lowest BCUT2D eigenvalue weighted by molar-refractivity contribution is -0.122. The van der Waals surface area contributed by atoms with E-state index in [1.807, 2.05) is 23.1 Å². The summed E-state index contributed by atoms with van der Waals surface area (Å²) in [5.74, 6) is 0.638. The first-order valence-electron chi connectivity index (χ1n) is 12.1. The molecule has 0 aromatic carbocycles. The van der Waals surface area contributed by atoms with Gasteiger partial charge in [0.15, 0.2) is 6.40 Å². The van der Waals surface area contributed by atoms with Gasteiger partial charge in [0, 0.05) is 43.9 Å². The number of allylic oxidation sites excluding steroid dienone is 6. The van der Waals surface area contributed by atoms with Crippen molar-refractivity contribution in [2.45, 2.75) is 43.3 Å². The maximum Gasteiger partial charge on any atom is 0.240 e. The van der Waals surface area contributed by atoms with Crippen LogP contribution in [0.4, 0.5) is 0 Å². The van der Waals surface area contributed by atoms with Crippen LogP contribution in [0.3, 0.4) is 0 Å². The minimum atomic E-state index is -0.416. The number of carbonyl (C=O) groups excluding carboxylic acids is 1. The summed E-state index contributed by atoms with van der Waals surface area (Å²) in [4.78, 5) is 20.7. The summed E-state index contributed by atoms with van der Waals surface area (Å²) in [6, 6.07) is 0.115. The molecule has 7 unspecified atom stereocenters. The fraction of sp³-hybridized carbons (Fsp3) is 0.462. The van der Waals surface area contributed by atoms with Gasteiger partial charge in [-0.25, -0.2) is 4.99 Å². The van der Waals surface area contributed by atoms with Crippen LogP contribution in [0.25, 0.3) is 0 Å². The monoisotopic (exact) mass is 463 g/mol. The number of carbonyl (C=O) groups is 1. The van der Waals surface area contributed by atoms with Crippen molar-refractivity contribution in [3.05, 3.63) is 73.3 Å². The molecule has 2 bridgehead atoms. The highest BCUT2D eigenvalue weighted by atomic mass is 16.5. The van der Waals surface area contributed by atoms with E-state index in [1.54, 1.807) is 18.7 Å². The number of primary amides is 1. The quantitative estimate of drug-likeness (QED) is 0.616. The minimum Gasteiger partial charge on any atom is -0.453 e. The molecule has 1 aliphatic carbocycles. The molecule has 0 saturated carbocycles. The molecule has 0 aromatic rings. The van der Waals surface area contributed by atoms with Gasteiger partial charge in [0.1, 0.15) is 12.3 Å². The topological polar surface area (TPSA) is 92.4 Å². The third kappa shape index (κ3) is 4.94. The van der Waals surface area contributed by atoms with Crippen LogP contribution in [0.2, 0.25) is 0 Å². The molecule has 8 nitrogen and oxygen atoms in total. The van der Waals surface area contributed by atoms with Crippen molar-refractivity contribution >= 4 is 12.3 Å². The zero-order valence-electron chi connectivity index (χ0n) is 19.2. The number of hydrogen-bond donors (Lipinski definition) is 2. The van der Waals surface area contributed by atoms with Crippen molar-refractivity contribution < 1.29 is 14.3 Å². The highest BCUT2D eigenvalue weighted by Crippen LogP contribution is 2.41. The zero-order valence-corrected chi connectivity index (χ0v) is 19.2. The molecule has 180 valence electrons. The lowest BCUT2D eigenvalue weighted by Gasteiger charge is -2.47. The molecule has 4 aliphatic heterocycles. The number of piperidine rings is 1. The molecule has 8 heteroatoms. The normalized spacial score (nSPS) is 42.2. The van der Waals surface area contributed by atoms with E-state index in [2.05, 4.69) is 51.7 Å². The van der Waals surface area contributed by atoms with Crippen LogP contribution in [-0.2, 0) is 14.3 Å². The molecule has 3 N–H and O–H groups in total. The average Bonchev–Trinajstić information content (AvgIpc) is 3.44. The van der Waals surface area contributed by atoms with Gasteiger partial charge >= 0.3 is 0 Å². The van der Waals surface area contributed by atoms with Crippen LogP contribution in [0.15, 0.2) is 78.3 Å². The lowest BCUT2D eigenvalue weighted by Crippen LogP contribution is -2.62. The maximum absolute atomic E-state index is 12.1. The SMILES string of the molecule is NC(=O)C1CC2CN1/C=C/N=C\O\C=C/C=C\C=C\CN1CCC3C4C=CC=CC4NC(O2)C31. The predicted molar refractivity (Wildman–Crippen MR) is 131 cm³/mol. The predicted octanol–water partition coefficient (Wildman–Crippen LogP) is 1.82. The number of hydrogen-bond acceptors (Lipinski definition) is 7. The van der Waals surface area contributed by atoms with Gasteiger partial charge in [-0.2, -0.15) is 0 Å². The third-order valence-corrected chi connectivity index (χ3v) is 7.35. The van der Waals surface area contributed by atoms with Crippen LogP contribution < -0.4 is 11.1 Å². The van der Waals surface area contributed by atoms with Crippen molar-refractivity contribution in [2.24, 2.45) is 22.6 Å². The highest BCUT2D eigenvalue weighted by molar-refractivity contribution is 5.80. The van der Waals surface area contributed by atoms with Gasteiger partial charge in [0.05, 0.1) is 18.4 Å². The zero-order chi connectivity index (χ0) is 23.3. The first-order valence-corrected chi connectivity index (χ1v) is 12.1. The number of aliphatic imine (C=N–C) groups is 1. The Hall–Kier alpha value is -2.94. The van der Waals surface area contributed by atoms with Crippen molar-refractivity contribution in [1.29, 1.82) is 0 Å². The molecule has 1 amide bonds. The molecule has 5 aliphatic rings. The van der Waals surface area contributed by atoms with Crippen LogP contribution in [-0.4, -0.2) is 72.2 Å². The summed E-state index contributed by atoms with van der Waals surface area (Å²) in [6.07, 6.45) is 26.6. The summed E-state index contributed by atoms with van der Waals surface area (Å²) >= 11 is 0. The largest absolute Gasteiger partial charge is 0.453 e. The van der Waals surface area contributed by atoms with Crippen molar-refractivity contribution in [3.63, 3.8) is 0 Å². The number of ether oxygens (including phenoxy) is 2. The van der Waals surface area contributed by atoms with Gasteiger partial charge in [-0.1, -0.05) is 48.6 Å². The Morgan fingerprint density at radius 3 is 2.91 bits per heavy atom. The Morgan fingerprint density at radius 2 is 2.00 bits per heavy atom. The fourth-order valence-electron chi connectivity index (χ4n) is 5.86. The number of amides is 1. The molecular formula is C26H33N5O3. The van der Waals surface area contributed by atoms with Crippen molar-refractivity contribution in [2.75, 3.05) is 19.6 Å². The van der Waals surface area contributed by atoms with E-state index in [1.165, 1.54) is 6.40 Å². The Labute approximate surface area is 200 Å². The summed E-state index contributed by atoms with van der Waals surface area (Å²) in [7, 11) is 0. The molecule has 0 aromatic heterocycles. The second kappa shape index (κ2) is 10.5. The van der Waals surface area contributed by atoms with Gasteiger partial charge in [-0.3, -0.25) is 15.0 Å². The van der Waals surface area contributed by atoms with E-state index >= 15 is 0 Å². The highest BCUT2D eigenvalue weighted by Gasteiger charge is 2.50. The molecular weight excluding hydrogens is 430 g/mol. The Balaban J connectivity index is 1.41. The van der Waals surface area contributed by atoms with Crippen LogP contribution in [0.5, 0.6) is 0 Å². The smallest absolute Gasteiger partial charge is 0.240 e. The van der Waals surface area contributed by atoms with Gasteiger partial charge < -0.3 is 20.1 Å². The molecule has 4 heterocycles. The van der Waals surface area contributed by atoms with Gasteiger partial charge in [0.2, 0.25) is 5.91 Å². The molecule has 5 rings (SSSR count). The maximum atomic E-state index is 12.1. The van der Waals surface area contributed by atoms with E-state index in [4.69, 9.17) is 15.2 Å². The summed E-state index contributed by atoms with van der Waals surface area (Å²) in [6.45, 7) is 2.49. The lowest BCUT2D eigenvalue weighted by atomic mass is 9.75. The molecule has 7 atom stereocenters. The van der Waals surface area contributed by atoms with E-state index in [0.29, 0.717) is 24.8 Å². The van der Waals surface area contributed by atoms with Crippen molar-refractivity contribution in [1.82, 2.24) is 15.1 Å². The first-order chi connectivity index (χ1) is 16.7. The summed E-state index contributed by atoms with van der Waals surface area (Å²) in [5, 5.41) is 3.77. The number of nitrogens with zero attached hydrogens (tertiary/aromatic N) is 3. The third-order valence-electron chi connectivity index (χ3n) is 7.35. The minimum absolute atomic E-state index is 0.105. The fourth-order valence-corrected chi connectivity index (χ4v) is 5.86. The van der Waals surface area contributed by atoms with E-state index in [9.17, 15) is 4.79 Å². The van der Waals surface area contributed by atoms with E-state index in [-0.39, 0.29) is 30.3 Å². The van der Waals surface area contributed by atoms with Crippen LogP contribution in [0, 0.1) is 11.8 Å². The first kappa shape index (κ1) is 22.8. The van der Waals surface area contributed by atoms with Gasteiger partial charge in [-0.05, 0) is 25.0 Å². The Morgan fingerprint density at radius 1 is 1.12 bits per heavy atom. The molecule has 0 spiro atoms. The van der Waals surface area contributed by atoms with E-state index < -0.39 is 6.04 Å². The standard InChI is InChI=1S/C26H33N5O3/c27-25(32)23-16-19-17-31(23)14-11-28-18-33-15-7-3-1-2-6-12-30-13-10-21-20-8-4-5-9-22(20)29-26(34-19)24(21)30/h1-9,11,14-15,18-24,26,29H,10,12-13,16-17H2,(H2,27,32)/b3-1-,6-2+,14-11+,15-7-,28-18-.